The van der Waals surface area contributed by atoms with Gasteiger partial charge in [0.2, 0.25) is 0 Å². The molecule has 0 fully saturated rings. The van der Waals surface area contributed by atoms with Gasteiger partial charge < -0.3 is 4.74 Å². The summed E-state index contributed by atoms with van der Waals surface area (Å²) >= 11 is 0. The van der Waals surface area contributed by atoms with Crippen molar-refractivity contribution in [2.24, 2.45) is 0 Å². The molecule has 0 unspecified atom stereocenters. The van der Waals surface area contributed by atoms with Crippen molar-refractivity contribution in [1.29, 1.82) is 0 Å². The van der Waals surface area contributed by atoms with Crippen molar-refractivity contribution in [2.45, 2.75) is 13.8 Å². The smallest absolute Gasteiger partial charge is 0.340 e. The number of allylic oxidation sites excluding steroid dienone is 1. The number of rotatable bonds is 4. The number of carbonyl (C=O) groups is 2. The van der Waals surface area contributed by atoms with E-state index in [9.17, 15) is 19.7 Å². The molecule has 2 aromatic carbocycles. The van der Waals surface area contributed by atoms with E-state index in [4.69, 9.17) is 4.74 Å². The number of hydrogen-bond acceptors (Lipinski definition) is 5. The molecule has 142 valence electrons. The van der Waals surface area contributed by atoms with Gasteiger partial charge in [-0.25, -0.2) is 4.79 Å². The summed E-state index contributed by atoms with van der Waals surface area (Å²) in [5.74, 6) is -1.12. The van der Waals surface area contributed by atoms with Crippen LogP contribution in [0, 0.1) is 17.0 Å². The monoisotopic (exact) mass is 378 g/mol. The Kier molecular flexibility index (Phi) is 5.08. The molecule has 3 rings (SSSR count). The van der Waals surface area contributed by atoms with Gasteiger partial charge in [0.15, 0.2) is 0 Å². The number of aryl methyl sites for hydroxylation is 1. The van der Waals surface area contributed by atoms with Crippen LogP contribution < -0.4 is 4.90 Å². The zero-order valence-electron chi connectivity index (χ0n) is 15.6. The average molecular weight is 378 g/mol. The summed E-state index contributed by atoms with van der Waals surface area (Å²) < 4.78 is 4.86. The SMILES string of the molecule is COC(=O)C1=C(C)N(c2cccc(C)c2)C(=O)/C1=C\c1ccccc1[N+](=O)[O-]. The third-order valence-electron chi connectivity index (χ3n) is 4.48. The summed E-state index contributed by atoms with van der Waals surface area (Å²) in [5.41, 5.74) is 2.19. The number of anilines is 1. The molecule has 1 amide bonds. The zero-order valence-corrected chi connectivity index (χ0v) is 15.6. The Balaban J connectivity index is 2.20. The summed E-state index contributed by atoms with van der Waals surface area (Å²) in [6, 6.07) is 13.3. The molecule has 0 radical (unpaired) electrons. The third kappa shape index (κ3) is 3.29. The van der Waals surface area contributed by atoms with Crippen LogP contribution >= 0.6 is 0 Å². The molecule has 0 spiro atoms. The molecule has 0 aliphatic carbocycles. The van der Waals surface area contributed by atoms with E-state index in [0.717, 1.165) is 5.56 Å². The third-order valence-corrected chi connectivity index (χ3v) is 4.48. The minimum absolute atomic E-state index is 0.0557. The first-order chi connectivity index (χ1) is 13.3. The van der Waals surface area contributed by atoms with Gasteiger partial charge in [0.1, 0.15) is 0 Å². The number of benzene rings is 2. The number of nitro groups is 1. The first-order valence-electron chi connectivity index (χ1n) is 8.51. The molecule has 0 bridgehead atoms. The highest BCUT2D eigenvalue weighted by molar-refractivity contribution is 6.24. The van der Waals surface area contributed by atoms with E-state index in [0.29, 0.717) is 11.4 Å². The standard InChI is InChI=1S/C21H18N2O5/c1-13-7-6-9-16(11-13)22-14(2)19(21(25)28-3)17(20(22)24)12-15-8-4-5-10-18(15)23(26)27/h4-12H,1-3H3/b17-12-. The Morgan fingerprint density at radius 3 is 2.50 bits per heavy atom. The maximum Gasteiger partial charge on any atom is 0.340 e. The van der Waals surface area contributed by atoms with Crippen LogP contribution in [0.4, 0.5) is 11.4 Å². The van der Waals surface area contributed by atoms with Gasteiger partial charge >= 0.3 is 5.97 Å². The van der Waals surface area contributed by atoms with E-state index < -0.39 is 16.8 Å². The van der Waals surface area contributed by atoms with E-state index >= 15 is 0 Å². The van der Waals surface area contributed by atoms with Gasteiger partial charge in [-0.2, -0.15) is 0 Å². The first-order valence-corrected chi connectivity index (χ1v) is 8.51. The fourth-order valence-corrected chi connectivity index (χ4v) is 3.19. The minimum Gasteiger partial charge on any atom is -0.465 e. The quantitative estimate of drug-likeness (QED) is 0.350. The summed E-state index contributed by atoms with van der Waals surface area (Å²) in [7, 11) is 1.23. The molecule has 1 heterocycles. The Labute approximate surface area is 161 Å². The number of hydrogen-bond donors (Lipinski definition) is 0. The molecule has 0 N–H and O–H groups in total. The van der Waals surface area contributed by atoms with E-state index in [1.54, 1.807) is 19.1 Å². The van der Waals surface area contributed by atoms with Gasteiger partial charge in [0, 0.05) is 17.5 Å². The average Bonchev–Trinajstić information content (AvgIpc) is 2.91. The van der Waals surface area contributed by atoms with Gasteiger partial charge in [-0.15, -0.1) is 0 Å². The van der Waals surface area contributed by atoms with Crippen LogP contribution in [0.25, 0.3) is 6.08 Å². The normalized spacial score (nSPS) is 15.3. The predicted molar refractivity (Wildman–Crippen MR) is 104 cm³/mol. The molecule has 1 aliphatic rings. The summed E-state index contributed by atoms with van der Waals surface area (Å²) in [6.07, 6.45) is 1.37. The Hall–Kier alpha value is -3.74. The molecule has 7 heteroatoms. The summed E-state index contributed by atoms with van der Waals surface area (Å²) in [6.45, 7) is 3.54. The molecule has 1 aliphatic heterocycles. The van der Waals surface area contributed by atoms with Crippen molar-refractivity contribution in [2.75, 3.05) is 12.0 Å². The zero-order chi connectivity index (χ0) is 20.4. The second-order valence-corrected chi connectivity index (χ2v) is 6.31. The molecule has 28 heavy (non-hydrogen) atoms. The maximum absolute atomic E-state index is 13.2. The highest BCUT2D eigenvalue weighted by Crippen LogP contribution is 2.36. The van der Waals surface area contributed by atoms with Crippen molar-refractivity contribution < 1.29 is 19.2 Å². The van der Waals surface area contributed by atoms with Crippen LogP contribution in [0.3, 0.4) is 0 Å². The second-order valence-electron chi connectivity index (χ2n) is 6.31. The van der Waals surface area contributed by atoms with Crippen LogP contribution in [0.15, 0.2) is 65.4 Å². The Morgan fingerprint density at radius 2 is 1.86 bits per heavy atom. The maximum atomic E-state index is 13.2. The molecule has 0 saturated heterocycles. The first kappa shape index (κ1) is 19.0. The Morgan fingerprint density at radius 1 is 1.14 bits per heavy atom. The van der Waals surface area contributed by atoms with Crippen LogP contribution in [0.2, 0.25) is 0 Å². The largest absolute Gasteiger partial charge is 0.465 e. The number of para-hydroxylation sites is 1. The van der Waals surface area contributed by atoms with Crippen LogP contribution in [0.1, 0.15) is 18.1 Å². The number of methoxy groups -OCH3 is 1. The van der Waals surface area contributed by atoms with E-state index in [-0.39, 0.29) is 22.4 Å². The van der Waals surface area contributed by atoms with Crippen LogP contribution in [0.5, 0.6) is 0 Å². The van der Waals surface area contributed by atoms with Crippen molar-refractivity contribution in [3.8, 4) is 0 Å². The van der Waals surface area contributed by atoms with Gasteiger partial charge in [0.25, 0.3) is 11.6 Å². The molecule has 7 nitrogen and oxygen atoms in total. The molecule has 2 aromatic rings. The fourth-order valence-electron chi connectivity index (χ4n) is 3.19. The number of carbonyl (C=O) groups excluding carboxylic acids is 2. The second kappa shape index (κ2) is 7.48. The van der Waals surface area contributed by atoms with Gasteiger partial charge in [-0.05, 0) is 43.7 Å². The highest BCUT2D eigenvalue weighted by atomic mass is 16.6. The van der Waals surface area contributed by atoms with Gasteiger partial charge in [-0.3, -0.25) is 19.8 Å². The molecule has 0 saturated carbocycles. The van der Waals surface area contributed by atoms with E-state index in [1.165, 1.54) is 36.3 Å². The lowest BCUT2D eigenvalue weighted by Gasteiger charge is -2.18. The van der Waals surface area contributed by atoms with Crippen LogP contribution in [-0.4, -0.2) is 23.9 Å². The van der Waals surface area contributed by atoms with Crippen molar-refractivity contribution in [3.05, 3.63) is 86.6 Å². The van der Waals surface area contributed by atoms with Crippen molar-refractivity contribution in [1.82, 2.24) is 0 Å². The summed E-state index contributed by atoms with van der Waals surface area (Å²) in [5, 5.41) is 11.3. The molecule has 0 aromatic heterocycles. The lowest BCUT2D eigenvalue weighted by molar-refractivity contribution is -0.385. The van der Waals surface area contributed by atoms with E-state index in [2.05, 4.69) is 0 Å². The topological polar surface area (TPSA) is 89.8 Å². The molecular formula is C21H18N2O5. The molecule has 0 atom stereocenters. The number of ether oxygens (including phenoxy) is 1. The van der Waals surface area contributed by atoms with Gasteiger partial charge in [0.05, 0.1) is 28.7 Å². The molecular weight excluding hydrogens is 360 g/mol. The Bertz CT molecular complexity index is 1050. The van der Waals surface area contributed by atoms with Gasteiger partial charge in [-0.1, -0.05) is 24.3 Å². The predicted octanol–water partition coefficient (Wildman–Crippen LogP) is 3.78. The lowest BCUT2D eigenvalue weighted by atomic mass is 10.0. The number of esters is 1. The number of nitrogens with zero attached hydrogens (tertiary/aromatic N) is 2. The number of amides is 1. The minimum atomic E-state index is -0.675. The van der Waals surface area contributed by atoms with Crippen molar-refractivity contribution in [3.63, 3.8) is 0 Å². The number of nitro benzene ring substituents is 1. The highest BCUT2D eigenvalue weighted by Gasteiger charge is 2.38. The van der Waals surface area contributed by atoms with E-state index in [1.807, 2.05) is 25.1 Å². The summed E-state index contributed by atoms with van der Waals surface area (Å²) in [4.78, 5) is 37.8. The van der Waals surface area contributed by atoms with Crippen molar-refractivity contribution >= 4 is 29.3 Å². The fraction of sp³-hybridized carbons (Fsp3) is 0.143. The van der Waals surface area contributed by atoms with Crippen LogP contribution in [-0.2, 0) is 14.3 Å². The lowest BCUT2D eigenvalue weighted by Crippen LogP contribution is -2.24.